The fourth-order valence-corrected chi connectivity index (χ4v) is 2.39. The molecule has 5 nitrogen and oxygen atoms in total. The van der Waals surface area contributed by atoms with E-state index in [4.69, 9.17) is 0 Å². The zero-order valence-corrected chi connectivity index (χ0v) is 10.1. The number of nitrogens with one attached hydrogen (secondary N) is 2. The molecular formula is C12H20N4O. The summed E-state index contributed by atoms with van der Waals surface area (Å²) < 4.78 is 0. The van der Waals surface area contributed by atoms with Gasteiger partial charge in [-0.3, -0.25) is 9.89 Å². The Balaban J connectivity index is 1.54. The first-order valence-corrected chi connectivity index (χ1v) is 6.45. The molecule has 1 saturated carbocycles. The molecule has 0 saturated heterocycles. The highest BCUT2D eigenvalue weighted by molar-refractivity contribution is 5.75. The quantitative estimate of drug-likeness (QED) is 0.785. The molecule has 2 N–H and O–H groups in total. The fraction of sp³-hybridized carbons (Fsp3) is 0.750. The van der Waals surface area contributed by atoms with Gasteiger partial charge in [0.05, 0.1) is 0 Å². The standard InChI is InChI=1S/C12H20N4O/c17-12(6-5-10-3-1-2-4-10)13-8-7-11-14-9-15-16-11/h9-10H,1-8H2,(H,13,17)(H,14,15,16). The smallest absolute Gasteiger partial charge is 0.220 e. The second-order valence-corrected chi connectivity index (χ2v) is 4.72. The molecule has 0 spiro atoms. The number of H-pyrrole nitrogens is 1. The number of aromatic amines is 1. The molecule has 17 heavy (non-hydrogen) atoms. The Hall–Kier alpha value is -1.39. The Morgan fingerprint density at radius 3 is 3.00 bits per heavy atom. The predicted octanol–water partition coefficient (Wildman–Crippen LogP) is 1.43. The van der Waals surface area contributed by atoms with E-state index in [1.54, 1.807) is 0 Å². The van der Waals surface area contributed by atoms with E-state index in [2.05, 4.69) is 20.5 Å². The minimum Gasteiger partial charge on any atom is -0.356 e. The van der Waals surface area contributed by atoms with Crippen molar-refractivity contribution in [1.29, 1.82) is 0 Å². The van der Waals surface area contributed by atoms with Gasteiger partial charge in [0, 0.05) is 19.4 Å². The number of aromatic nitrogens is 3. The van der Waals surface area contributed by atoms with Crippen molar-refractivity contribution in [3.63, 3.8) is 0 Å². The normalized spacial score (nSPS) is 16.2. The van der Waals surface area contributed by atoms with Crippen LogP contribution in [0.1, 0.15) is 44.3 Å². The maximum atomic E-state index is 11.6. The average Bonchev–Trinajstić information content (AvgIpc) is 2.99. The van der Waals surface area contributed by atoms with Crippen LogP contribution in [0.3, 0.4) is 0 Å². The van der Waals surface area contributed by atoms with Crippen LogP contribution < -0.4 is 5.32 Å². The van der Waals surface area contributed by atoms with Gasteiger partial charge in [-0.1, -0.05) is 25.7 Å². The van der Waals surface area contributed by atoms with Crippen LogP contribution in [0.15, 0.2) is 6.33 Å². The summed E-state index contributed by atoms with van der Waals surface area (Å²) in [7, 11) is 0. The van der Waals surface area contributed by atoms with Gasteiger partial charge in [-0.05, 0) is 12.3 Å². The van der Waals surface area contributed by atoms with Gasteiger partial charge in [-0.25, -0.2) is 4.98 Å². The largest absolute Gasteiger partial charge is 0.356 e. The highest BCUT2D eigenvalue weighted by Gasteiger charge is 2.15. The number of rotatable bonds is 6. The summed E-state index contributed by atoms with van der Waals surface area (Å²) in [6.07, 6.45) is 9.23. The Morgan fingerprint density at radius 2 is 2.29 bits per heavy atom. The molecule has 0 unspecified atom stereocenters. The van der Waals surface area contributed by atoms with Crippen LogP contribution in [0.2, 0.25) is 0 Å². The average molecular weight is 236 g/mol. The third kappa shape index (κ3) is 4.17. The van der Waals surface area contributed by atoms with Crippen LogP contribution >= 0.6 is 0 Å². The summed E-state index contributed by atoms with van der Waals surface area (Å²) in [6, 6.07) is 0. The molecule has 5 heteroatoms. The van der Waals surface area contributed by atoms with E-state index in [0.717, 1.165) is 24.6 Å². The van der Waals surface area contributed by atoms with Crippen molar-refractivity contribution in [2.75, 3.05) is 6.54 Å². The second-order valence-electron chi connectivity index (χ2n) is 4.72. The number of nitrogens with zero attached hydrogens (tertiary/aromatic N) is 2. The minimum atomic E-state index is 0.163. The Bertz CT molecular complexity index is 330. The first-order chi connectivity index (χ1) is 8.34. The topological polar surface area (TPSA) is 70.7 Å². The SMILES string of the molecule is O=C(CCC1CCCC1)NCCc1ncn[nH]1. The van der Waals surface area contributed by atoms with Crippen LogP contribution in [-0.2, 0) is 11.2 Å². The van der Waals surface area contributed by atoms with Crippen molar-refractivity contribution < 1.29 is 4.79 Å². The van der Waals surface area contributed by atoms with Gasteiger partial charge in [-0.15, -0.1) is 0 Å². The molecule has 94 valence electrons. The van der Waals surface area contributed by atoms with E-state index in [1.165, 1.54) is 32.0 Å². The lowest BCUT2D eigenvalue weighted by atomic mass is 10.0. The molecular weight excluding hydrogens is 216 g/mol. The van der Waals surface area contributed by atoms with E-state index < -0.39 is 0 Å². The highest BCUT2D eigenvalue weighted by atomic mass is 16.1. The Labute approximate surface area is 101 Å². The lowest BCUT2D eigenvalue weighted by Gasteiger charge is -2.08. The monoisotopic (exact) mass is 236 g/mol. The lowest BCUT2D eigenvalue weighted by molar-refractivity contribution is -0.121. The van der Waals surface area contributed by atoms with Crippen molar-refractivity contribution >= 4 is 5.91 Å². The third-order valence-corrected chi connectivity index (χ3v) is 3.40. The van der Waals surface area contributed by atoms with Gasteiger partial charge in [-0.2, -0.15) is 5.10 Å². The summed E-state index contributed by atoms with van der Waals surface area (Å²) in [6.45, 7) is 0.638. The van der Waals surface area contributed by atoms with Crippen LogP contribution in [0.5, 0.6) is 0 Å². The first kappa shape index (κ1) is 12.1. The summed E-state index contributed by atoms with van der Waals surface area (Å²) in [5, 5.41) is 9.45. The molecule has 1 amide bonds. The van der Waals surface area contributed by atoms with Crippen LogP contribution in [0.4, 0.5) is 0 Å². The molecule has 1 heterocycles. The molecule has 1 aliphatic carbocycles. The molecule has 1 fully saturated rings. The molecule has 1 aromatic heterocycles. The minimum absolute atomic E-state index is 0.163. The molecule has 0 aliphatic heterocycles. The zero-order valence-electron chi connectivity index (χ0n) is 10.1. The van der Waals surface area contributed by atoms with Crippen LogP contribution in [-0.4, -0.2) is 27.6 Å². The van der Waals surface area contributed by atoms with Crippen molar-refractivity contribution in [1.82, 2.24) is 20.5 Å². The molecule has 0 atom stereocenters. The molecule has 0 bridgehead atoms. The van der Waals surface area contributed by atoms with Gasteiger partial charge >= 0.3 is 0 Å². The van der Waals surface area contributed by atoms with Gasteiger partial charge in [0.25, 0.3) is 0 Å². The number of carbonyl (C=O) groups is 1. The first-order valence-electron chi connectivity index (χ1n) is 6.45. The van der Waals surface area contributed by atoms with Crippen molar-refractivity contribution in [3.8, 4) is 0 Å². The fourth-order valence-electron chi connectivity index (χ4n) is 2.39. The van der Waals surface area contributed by atoms with E-state index >= 15 is 0 Å². The van der Waals surface area contributed by atoms with Gasteiger partial charge < -0.3 is 5.32 Å². The maximum absolute atomic E-state index is 11.6. The summed E-state index contributed by atoms with van der Waals surface area (Å²) in [4.78, 5) is 15.6. The van der Waals surface area contributed by atoms with Crippen LogP contribution in [0.25, 0.3) is 0 Å². The van der Waals surface area contributed by atoms with Crippen LogP contribution in [0, 0.1) is 5.92 Å². The van der Waals surface area contributed by atoms with E-state index in [0.29, 0.717) is 13.0 Å². The Kier molecular flexibility index (Phi) is 4.53. The zero-order chi connectivity index (χ0) is 11.9. The van der Waals surface area contributed by atoms with E-state index in [9.17, 15) is 4.79 Å². The van der Waals surface area contributed by atoms with Gasteiger partial charge in [0.1, 0.15) is 12.2 Å². The van der Waals surface area contributed by atoms with Crippen molar-refractivity contribution in [2.24, 2.45) is 5.92 Å². The molecule has 0 aromatic carbocycles. The van der Waals surface area contributed by atoms with Crippen molar-refractivity contribution in [2.45, 2.75) is 44.9 Å². The number of hydrogen-bond donors (Lipinski definition) is 2. The molecule has 1 aromatic rings. The summed E-state index contributed by atoms with van der Waals surface area (Å²) in [5.74, 6) is 1.77. The lowest BCUT2D eigenvalue weighted by Crippen LogP contribution is -2.26. The van der Waals surface area contributed by atoms with E-state index in [1.807, 2.05) is 0 Å². The number of carbonyl (C=O) groups excluding carboxylic acids is 1. The molecule has 2 rings (SSSR count). The second kappa shape index (κ2) is 6.37. The maximum Gasteiger partial charge on any atom is 0.220 e. The molecule has 1 aliphatic rings. The predicted molar refractivity (Wildman–Crippen MR) is 64.3 cm³/mol. The van der Waals surface area contributed by atoms with Gasteiger partial charge in [0.2, 0.25) is 5.91 Å². The Morgan fingerprint density at radius 1 is 1.47 bits per heavy atom. The van der Waals surface area contributed by atoms with Crippen molar-refractivity contribution in [3.05, 3.63) is 12.2 Å². The molecule has 0 radical (unpaired) electrons. The van der Waals surface area contributed by atoms with E-state index in [-0.39, 0.29) is 5.91 Å². The third-order valence-electron chi connectivity index (χ3n) is 3.40. The summed E-state index contributed by atoms with van der Waals surface area (Å²) >= 11 is 0. The summed E-state index contributed by atoms with van der Waals surface area (Å²) in [5.41, 5.74) is 0. The van der Waals surface area contributed by atoms with Gasteiger partial charge in [0.15, 0.2) is 0 Å². The highest BCUT2D eigenvalue weighted by Crippen LogP contribution is 2.28. The number of hydrogen-bond acceptors (Lipinski definition) is 3. The number of amides is 1.